The van der Waals surface area contributed by atoms with Crippen molar-refractivity contribution in [3.8, 4) is 11.5 Å². The Morgan fingerprint density at radius 1 is 1.08 bits per heavy atom. The normalized spacial score (nSPS) is 24.5. The van der Waals surface area contributed by atoms with Gasteiger partial charge in [0.05, 0.1) is 14.2 Å². The smallest absolute Gasteiger partial charge is 0.414 e. The highest BCUT2D eigenvalue weighted by Gasteiger charge is 2.36. The maximum atomic E-state index is 9.10. The highest BCUT2D eigenvalue weighted by Crippen LogP contribution is 2.42. The van der Waals surface area contributed by atoms with Crippen LogP contribution < -0.4 is 9.47 Å². The fraction of sp³-hybridized carbons (Fsp3) is 0.529. The summed E-state index contributed by atoms with van der Waals surface area (Å²) in [6.45, 7) is 3.74. The Balaban J connectivity index is 0.000000301. The number of ether oxygens (including phenoxy) is 2. The Morgan fingerprint density at radius 3 is 2.12 bits per heavy atom. The van der Waals surface area contributed by atoms with E-state index in [1.165, 1.54) is 38.0 Å². The molecule has 1 unspecified atom stereocenters. The number of rotatable bonds is 3. The van der Waals surface area contributed by atoms with Crippen molar-refractivity contribution in [2.45, 2.75) is 18.8 Å². The van der Waals surface area contributed by atoms with Gasteiger partial charge in [-0.15, -0.1) is 0 Å². The number of nitrogens with zero attached hydrogens (tertiary/aromatic N) is 1. The number of carbonyl (C=O) groups is 2. The topological polar surface area (TPSA) is 96.3 Å². The summed E-state index contributed by atoms with van der Waals surface area (Å²) < 4.78 is 10.8. The van der Waals surface area contributed by atoms with Crippen LogP contribution in [0, 0.1) is 5.92 Å². The molecule has 0 saturated carbocycles. The fourth-order valence-corrected chi connectivity index (χ4v) is 3.44. The molecule has 0 aromatic heterocycles. The molecule has 1 atom stereocenters. The average molecular weight is 337 g/mol. The van der Waals surface area contributed by atoms with Crippen LogP contribution in [0.4, 0.5) is 0 Å². The van der Waals surface area contributed by atoms with Crippen molar-refractivity contribution in [3.05, 3.63) is 23.8 Å². The van der Waals surface area contributed by atoms with Crippen molar-refractivity contribution < 1.29 is 29.3 Å². The highest BCUT2D eigenvalue weighted by atomic mass is 16.5. The molecule has 7 nitrogen and oxygen atoms in total. The van der Waals surface area contributed by atoms with E-state index in [0.717, 1.165) is 17.4 Å². The van der Waals surface area contributed by atoms with Crippen LogP contribution in [0.15, 0.2) is 18.2 Å². The standard InChI is InChI=1S/C15H21NO2.C2H2O4/c1-17-12-3-4-13(15(9-12)18-2)14-10-16-7-5-11(14)6-8-16;3-1(4)2(5)6/h3-4,9,11,14H,5-8,10H2,1-2H3;(H,3,4)(H,5,6). The van der Waals surface area contributed by atoms with Gasteiger partial charge in [-0.05, 0) is 43.5 Å². The molecular formula is C17H23NO6. The lowest BCUT2D eigenvalue weighted by Gasteiger charge is -2.45. The molecule has 0 aliphatic carbocycles. The Labute approximate surface area is 140 Å². The Kier molecular flexibility index (Phi) is 6.03. The molecule has 7 heteroatoms. The zero-order valence-electron chi connectivity index (χ0n) is 13.9. The number of piperidine rings is 3. The molecule has 3 aliphatic rings. The first-order valence-corrected chi connectivity index (χ1v) is 7.86. The van der Waals surface area contributed by atoms with Gasteiger partial charge in [-0.2, -0.15) is 0 Å². The van der Waals surface area contributed by atoms with Crippen LogP contribution in [0.25, 0.3) is 0 Å². The molecule has 132 valence electrons. The minimum Gasteiger partial charge on any atom is -0.497 e. The van der Waals surface area contributed by atoms with Gasteiger partial charge in [0.2, 0.25) is 0 Å². The summed E-state index contributed by atoms with van der Waals surface area (Å²) in [5.41, 5.74) is 1.35. The van der Waals surface area contributed by atoms with E-state index in [1.807, 2.05) is 6.07 Å². The largest absolute Gasteiger partial charge is 0.497 e. The van der Waals surface area contributed by atoms with Crippen molar-refractivity contribution >= 4 is 11.9 Å². The molecule has 3 saturated heterocycles. The van der Waals surface area contributed by atoms with Gasteiger partial charge in [0.15, 0.2) is 0 Å². The minimum atomic E-state index is -1.82. The summed E-state index contributed by atoms with van der Waals surface area (Å²) >= 11 is 0. The van der Waals surface area contributed by atoms with Gasteiger partial charge in [-0.3, -0.25) is 0 Å². The first-order valence-electron chi connectivity index (χ1n) is 7.86. The quantitative estimate of drug-likeness (QED) is 0.810. The van der Waals surface area contributed by atoms with Crippen LogP contribution >= 0.6 is 0 Å². The van der Waals surface area contributed by atoms with Crippen molar-refractivity contribution in [1.82, 2.24) is 4.90 Å². The highest BCUT2D eigenvalue weighted by molar-refractivity contribution is 6.27. The van der Waals surface area contributed by atoms with Crippen LogP contribution in [0.5, 0.6) is 11.5 Å². The predicted octanol–water partition coefficient (Wildman–Crippen LogP) is 1.67. The maximum absolute atomic E-state index is 9.10. The Bertz CT molecular complexity index is 583. The molecular weight excluding hydrogens is 314 g/mol. The number of fused-ring (bicyclic) bond motifs is 3. The zero-order valence-corrected chi connectivity index (χ0v) is 13.9. The van der Waals surface area contributed by atoms with Crippen LogP contribution in [0.1, 0.15) is 24.3 Å². The van der Waals surface area contributed by atoms with E-state index < -0.39 is 11.9 Å². The fourth-order valence-electron chi connectivity index (χ4n) is 3.44. The van der Waals surface area contributed by atoms with Crippen molar-refractivity contribution in [3.63, 3.8) is 0 Å². The summed E-state index contributed by atoms with van der Waals surface area (Å²) in [5.74, 6) is -0.333. The van der Waals surface area contributed by atoms with Crippen molar-refractivity contribution in [1.29, 1.82) is 0 Å². The van der Waals surface area contributed by atoms with Crippen molar-refractivity contribution in [2.24, 2.45) is 5.92 Å². The third kappa shape index (κ3) is 4.17. The molecule has 0 amide bonds. The second-order valence-electron chi connectivity index (χ2n) is 5.96. The number of carboxylic acid groups (broad SMARTS) is 2. The van der Waals surface area contributed by atoms with Gasteiger partial charge in [0.25, 0.3) is 0 Å². The molecule has 3 heterocycles. The van der Waals surface area contributed by atoms with E-state index in [4.69, 9.17) is 29.3 Å². The van der Waals surface area contributed by atoms with E-state index in [-0.39, 0.29) is 0 Å². The second kappa shape index (κ2) is 8.01. The number of carboxylic acids is 2. The van der Waals surface area contributed by atoms with Gasteiger partial charge >= 0.3 is 11.9 Å². The zero-order chi connectivity index (χ0) is 17.7. The number of hydrogen-bond acceptors (Lipinski definition) is 5. The van der Waals surface area contributed by atoms with Crippen LogP contribution in [-0.2, 0) is 9.59 Å². The number of aliphatic carboxylic acids is 2. The first-order chi connectivity index (χ1) is 11.5. The molecule has 24 heavy (non-hydrogen) atoms. The Hall–Kier alpha value is -2.28. The third-order valence-corrected chi connectivity index (χ3v) is 4.68. The summed E-state index contributed by atoms with van der Waals surface area (Å²) in [4.78, 5) is 20.8. The summed E-state index contributed by atoms with van der Waals surface area (Å²) in [7, 11) is 3.45. The van der Waals surface area contributed by atoms with Crippen molar-refractivity contribution in [2.75, 3.05) is 33.9 Å². The molecule has 3 fully saturated rings. The van der Waals surface area contributed by atoms with Gasteiger partial charge < -0.3 is 24.6 Å². The molecule has 4 rings (SSSR count). The number of benzene rings is 1. The van der Waals surface area contributed by atoms with E-state index in [0.29, 0.717) is 5.92 Å². The SMILES string of the molecule is COc1ccc(C2CN3CCC2CC3)c(OC)c1.O=C(O)C(=O)O. The van der Waals surface area contributed by atoms with E-state index in [2.05, 4.69) is 17.0 Å². The summed E-state index contributed by atoms with van der Waals surface area (Å²) in [5, 5.41) is 14.8. The molecule has 1 aromatic carbocycles. The lowest BCUT2D eigenvalue weighted by atomic mass is 9.75. The second-order valence-corrected chi connectivity index (χ2v) is 5.96. The first kappa shape index (κ1) is 18.1. The number of methoxy groups -OCH3 is 2. The molecule has 0 spiro atoms. The summed E-state index contributed by atoms with van der Waals surface area (Å²) in [6.07, 6.45) is 2.67. The summed E-state index contributed by atoms with van der Waals surface area (Å²) in [6, 6.07) is 6.24. The van der Waals surface area contributed by atoms with E-state index in [9.17, 15) is 0 Å². The Morgan fingerprint density at radius 2 is 1.71 bits per heavy atom. The predicted molar refractivity (Wildman–Crippen MR) is 86.7 cm³/mol. The van der Waals surface area contributed by atoms with Crippen LogP contribution in [0.2, 0.25) is 0 Å². The minimum absolute atomic E-state index is 0.633. The third-order valence-electron chi connectivity index (χ3n) is 4.68. The lowest BCUT2D eigenvalue weighted by molar-refractivity contribution is -0.159. The van der Waals surface area contributed by atoms with Gasteiger partial charge in [-0.25, -0.2) is 9.59 Å². The van der Waals surface area contributed by atoms with E-state index >= 15 is 0 Å². The number of hydrogen-bond donors (Lipinski definition) is 2. The van der Waals surface area contributed by atoms with Crippen LogP contribution in [-0.4, -0.2) is 60.9 Å². The molecule has 1 aromatic rings. The van der Waals surface area contributed by atoms with Gasteiger partial charge in [0, 0.05) is 18.5 Å². The molecule has 2 N–H and O–H groups in total. The monoisotopic (exact) mass is 337 g/mol. The van der Waals surface area contributed by atoms with E-state index in [1.54, 1.807) is 14.2 Å². The molecule has 0 radical (unpaired) electrons. The molecule has 3 aliphatic heterocycles. The molecule has 2 bridgehead atoms. The maximum Gasteiger partial charge on any atom is 0.414 e. The van der Waals surface area contributed by atoms with Crippen LogP contribution in [0.3, 0.4) is 0 Å². The van der Waals surface area contributed by atoms with Gasteiger partial charge in [0.1, 0.15) is 11.5 Å². The van der Waals surface area contributed by atoms with Gasteiger partial charge in [-0.1, -0.05) is 6.07 Å². The average Bonchev–Trinajstić information content (AvgIpc) is 2.62. The lowest BCUT2D eigenvalue weighted by Crippen LogP contribution is -2.46.